The van der Waals surface area contributed by atoms with Crippen LogP contribution in [0.2, 0.25) is 0 Å². The van der Waals surface area contributed by atoms with Crippen LogP contribution in [0, 0.1) is 0 Å². The van der Waals surface area contributed by atoms with Crippen molar-refractivity contribution in [2.75, 3.05) is 12.4 Å². The third kappa shape index (κ3) is 5.21. The van der Waals surface area contributed by atoms with Gasteiger partial charge in [0.2, 0.25) is 5.89 Å². The van der Waals surface area contributed by atoms with E-state index in [1.807, 2.05) is 37.0 Å². The van der Waals surface area contributed by atoms with Crippen LogP contribution in [-0.2, 0) is 4.74 Å². The highest BCUT2D eigenvalue weighted by Crippen LogP contribution is 2.38. The molecule has 3 aromatic heterocycles. The van der Waals surface area contributed by atoms with E-state index in [0.29, 0.717) is 11.5 Å². The Bertz CT molecular complexity index is 1180. The topological polar surface area (TPSA) is 123 Å². The minimum Gasteiger partial charge on any atom is -0.444 e. The number of carbonyl (C=O) groups is 2. The van der Waals surface area contributed by atoms with E-state index < -0.39 is 11.7 Å². The van der Waals surface area contributed by atoms with Crippen molar-refractivity contribution < 1.29 is 18.7 Å². The number of hydrogen-bond acceptors (Lipinski definition) is 8. The second-order valence-electron chi connectivity index (χ2n) is 8.77. The summed E-state index contributed by atoms with van der Waals surface area (Å²) in [6.07, 6.45) is 6.07. The first-order valence-electron chi connectivity index (χ1n) is 10.4. The number of fused-ring (bicyclic) bond motifs is 1. The number of oxazole rings is 1. The quantitative estimate of drug-likeness (QED) is 0.366. The highest BCUT2D eigenvalue weighted by Gasteiger charge is 2.33. The Labute approximate surface area is 207 Å². The van der Waals surface area contributed by atoms with Crippen LogP contribution in [0.4, 0.5) is 10.5 Å². The van der Waals surface area contributed by atoms with Gasteiger partial charge in [-0.05, 0) is 39.7 Å². The van der Waals surface area contributed by atoms with Crippen LogP contribution in [0.15, 0.2) is 29.1 Å². The lowest BCUT2D eigenvalue weighted by molar-refractivity contribution is 0.0475. The van der Waals surface area contributed by atoms with Crippen LogP contribution in [0.5, 0.6) is 0 Å². The Morgan fingerprint density at radius 1 is 1.30 bits per heavy atom. The number of rotatable bonds is 6. The van der Waals surface area contributed by atoms with E-state index in [2.05, 4.69) is 47.1 Å². The zero-order valence-electron chi connectivity index (χ0n) is 18.6. The van der Waals surface area contributed by atoms with E-state index in [1.54, 1.807) is 13.2 Å². The number of amides is 2. The van der Waals surface area contributed by atoms with Crippen LogP contribution < -0.4 is 16.0 Å². The van der Waals surface area contributed by atoms with Crippen LogP contribution in [0.25, 0.3) is 22.5 Å². The lowest BCUT2D eigenvalue weighted by Gasteiger charge is -2.37. The summed E-state index contributed by atoms with van der Waals surface area (Å²) in [7, 11) is 3.06. The summed E-state index contributed by atoms with van der Waals surface area (Å²) in [5, 5.41) is 9.94. The van der Waals surface area contributed by atoms with Gasteiger partial charge in [-0.1, -0.05) is 0 Å². The molecule has 1 fully saturated rings. The zero-order chi connectivity index (χ0) is 23.8. The molecular formula is C21H25IN6O4S. The summed E-state index contributed by atoms with van der Waals surface area (Å²) in [5.41, 5.74) is 1.97. The number of aromatic nitrogens is 3. The Balaban J connectivity index is 1.55. The smallest absolute Gasteiger partial charge is 0.407 e. The summed E-state index contributed by atoms with van der Waals surface area (Å²) < 4.78 is 12.9. The van der Waals surface area contributed by atoms with Gasteiger partial charge in [0.25, 0.3) is 5.91 Å². The molecule has 0 saturated heterocycles. The van der Waals surface area contributed by atoms with Crippen LogP contribution in [0.1, 0.15) is 44.1 Å². The largest absolute Gasteiger partial charge is 0.444 e. The van der Waals surface area contributed by atoms with E-state index in [0.717, 1.165) is 29.6 Å². The molecule has 0 atom stereocenters. The van der Waals surface area contributed by atoms with Crippen molar-refractivity contribution in [2.45, 2.75) is 51.3 Å². The van der Waals surface area contributed by atoms with Crippen LogP contribution in [-0.4, -0.2) is 50.7 Å². The molecule has 0 aromatic carbocycles. The van der Waals surface area contributed by atoms with Gasteiger partial charge >= 0.3 is 6.09 Å². The third-order valence-electron chi connectivity index (χ3n) is 5.16. The van der Waals surface area contributed by atoms with Gasteiger partial charge in [-0.3, -0.25) is 8.77 Å². The number of nitrogens with zero attached hydrogens (tertiary/aromatic N) is 3. The number of alkyl carbamates (subject to hydrolysis) is 1. The number of halogens is 1. The number of hydrogen-bond donors (Lipinski definition) is 3. The van der Waals surface area contributed by atoms with Crippen molar-refractivity contribution in [1.82, 2.24) is 24.6 Å². The molecule has 0 radical (unpaired) electrons. The Morgan fingerprint density at radius 3 is 2.73 bits per heavy atom. The van der Waals surface area contributed by atoms with Gasteiger partial charge in [0.1, 0.15) is 11.9 Å². The normalized spacial score (nSPS) is 18.0. The highest BCUT2D eigenvalue weighted by molar-refractivity contribution is 14.2. The molecule has 1 aliphatic carbocycles. The Morgan fingerprint density at radius 2 is 2.06 bits per heavy atom. The van der Waals surface area contributed by atoms with E-state index in [4.69, 9.17) is 9.15 Å². The average molecular weight is 584 g/mol. The standard InChI is InChI=1S/C21H25IN6O4S/c1-21(2,3)32-20(30)26-12-7-11(8-12)25-16-13-5-6-28(33-22)17(13)24-9-14(16)19-27-15(10-31-19)18(29)23-4/h5-6,9-12H,7-8H2,1-4H3,(H,23,29)(H,24,25)(H,26,30). The van der Waals surface area contributed by atoms with Gasteiger partial charge in [-0.25, -0.2) is 14.8 Å². The first-order chi connectivity index (χ1) is 15.7. The second kappa shape index (κ2) is 9.41. The summed E-state index contributed by atoms with van der Waals surface area (Å²) in [4.78, 5) is 32.9. The summed E-state index contributed by atoms with van der Waals surface area (Å²) >= 11 is 2.20. The maximum absolute atomic E-state index is 12.0. The van der Waals surface area contributed by atoms with Crippen molar-refractivity contribution >= 4 is 59.0 Å². The number of ether oxygens (including phenoxy) is 1. The lowest BCUT2D eigenvalue weighted by atomic mass is 9.86. The molecule has 3 heterocycles. The SMILES string of the molecule is CNC(=O)c1coc(-c2cnc3c(ccn3SI)c2NC2CC(NC(=O)OC(C)(C)C)C2)n1. The van der Waals surface area contributed by atoms with Gasteiger partial charge in [-0.15, -0.1) is 0 Å². The summed E-state index contributed by atoms with van der Waals surface area (Å²) in [6, 6.07) is 2.16. The van der Waals surface area contributed by atoms with Crippen LogP contribution >= 0.6 is 30.3 Å². The Hall–Kier alpha value is -2.48. The van der Waals surface area contributed by atoms with Gasteiger partial charge in [0.15, 0.2) is 11.3 Å². The van der Waals surface area contributed by atoms with Crippen LogP contribution in [0.3, 0.4) is 0 Å². The minimum atomic E-state index is -0.531. The van der Waals surface area contributed by atoms with E-state index >= 15 is 0 Å². The van der Waals surface area contributed by atoms with Crippen molar-refractivity contribution in [3.63, 3.8) is 0 Å². The fraction of sp³-hybridized carbons (Fsp3) is 0.429. The molecule has 1 aliphatic rings. The molecule has 0 bridgehead atoms. The first kappa shape index (κ1) is 23.7. The summed E-state index contributed by atoms with van der Waals surface area (Å²) in [6.45, 7) is 5.52. The molecule has 3 N–H and O–H groups in total. The summed E-state index contributed by atoms with van der Waals surface area (Å²) in [5.74, 6) is -0.0146. The monoisotopic (exact) mass is 584 g/mol. The maximum Gasteiger partial charge on any atom is 0.407 e. The molecule has 4 rings (SSSR count). The molecule has 33 heavy (non-hydrogen) atoms. The van der Waals surface area contributed by atoms with Crippen molar-refractivity contribution in [2.24, 2.45) is 0 Å². The van der Waals surface area contributed by atoms with Gasteiger partial charge in [0, 0.05) is 67.2 Å². The predicted octanol–water partition coefficient (Wildman–Crippen LogP) is 4.36. The third-order valence-corrected chi connectivity index (χ3v) is 6.87. The molecule has 0 spiro atoms. The molecule has 1 saturated carbocycles. The molecule has 176 valence electrons. The molecular weight excluding hydrogens is 559 g/mol. The molecule has 0 aliphatic heterocycles. The fourth-order valence-corrected chi connectivity index (χ4v) is 4.87. The molecule has 10 nitrogen and oxygen atoms in total. The minimum absolute atomic E-state index is 0.0363. The van der Waals surface area contributed by atoms with Gasteiger partial charge in [0.05, 0.1) is 11.3 Å². The number of nitrogens with one attached hydrogen (secondary N) is 3. The van der Waals surface area contributed by atoms with Crippen molar-refractivity contribution in [3.8, 4) is 11.5 Å². The fourth-order valence-electron chi connectivity index (χ4n) is 3.60. The van der Waals surface area contributed by atoms with E-state index in [1.165, 1.54) is 15.4 Å². The van der Waals surface area contributed by atoms with Crippen molar-refractivity contribution in [1.29, 1.82) is 0 Å². The Kier molecular flexibility index (Phi) is 6.75. The predicted molar refractivity (Wildman–Crippen MR) is 135 cm³/mol. The maximum atomic E-state index is 12.0. The van der Waals surface area contributed by atoms with Crippen molar-refractivity contribution in [3.05, 3.63) is 30.4 Å². The average Bonchev–Trinajstić information content (AvgIpc) is 3.37. The van der Waals surface area contributed by atoms with Gasteiger partial charge in [-0.2, -0.15) is 0 Å². The molecule has 0 unspecified atom stereocenters. The highest BCUT2D eigenvalue weighted by atomic mass is 127. The second-order valence-corrected chi connectivity index (χ2v) is 10.5. The number of carbonyl (C=O) groups excluding carboxylic acids is 2. The lowest BCUT2D eigenvalue weighted by Crippen LogP contribution is -2.50. The number of pyridine rings is 1. The van der Waals surface area contributed by atoms with Gasteiger partial charge < -0.3 is 25.1 Å². The molecule has 2 amide bonds. The zero-order valence-corrected chi connectivity index (χ0v) is 21.6. The molecule has 3 aromatic rings. The van der Waals surface area contributed by atoms with E-state index in [-0.39, 0.29) is 23.7 Å². The first-order valence-corrected chi connectivity index (χ1v) is 13.7. The van der Waals surface area contributed by atoms with E-state index in [9.17, 15) is 9.59 Å². The number of anilines is 1. The molecule has 12 heteroatoms.